The highest BCUT2D eigenvalue weighted by atomic mass is 32.2. The lowest BCUT2D eigenvalue weighted by atomic mass is 10.0. The Morgan fingerprint density at radius 1 is 1.55 bits per heavy atom. The van der Waals surface area contributed by atoms with Crippen molar-refractivity contribution < 1.29 is 4.79 Å². The van der Waals surface area contributed by atoms with E-state index < -0.39 is 0 Å². The monoisotopic (exact) mass is 174 g/mol. The van der Waals surface area contributed by atoms with Crippen LogP contribution in [0.25, 0.3) is 0 Å². The Labute approximate surface area is 73.9 Å². The molecule has 11 heavy (non-hydrogen) atoms. The molecular weight excluding hydrogens is 156 g/mol. The van der Waals surface area contributed by atoms with E-state index in [9.17, 15) is 4.79 Å². The van der Waals surface area contributed by atoms with Gasteiger partial charge in [0.1, 0.15) is 5.78 Å². The molecule has 0 aromatic carbocycles. The predicted octanol–water partition coefficient (Wildman–Crippen LogP) is 2.74. The number of rotatable bonds is 6. The molecule has 0 saturated heterocycles. The third-order valence-corrected chi connectivity index (χ3v) is 2.38. The van der Waals surface area contributed by atoms with Gasteiger partial charge in [0.2, 0.25) is 0 Å². The van der Waals surface area contributed by atoms with Crippen LogP contribution in [0.3, 0.4) is 0 Å². The van der Waals surface area contributed by atoms with Crippen molar-refractivity contribution in [2.45, 2.75) is 33.1 Å². The topological polar surface area (TPSA) is 17.1 Å². The van der Waals surface area contributed by atoms with E-state index in [1.807, 2.05) is 11.8 Å². The maximum Gasteiger partial charge on any atom is 0.130 e. The molecule has 0 radical (unpaired) electrons. The highest BCUT2D eigenvalue weighted by molar-refractivity contribution is 7.98. The molecule has 0 amide bonds. The van der Waals surface area contributed by atoms with E-state index in [-0.39, 0.29) is 0 Å². The summed E-state index contributed by atoms with van der Waals surface area (Å²) in [5, 5.41) is 0. The van der Waals surface area contributed by atoms with Gasteiger partial charge in [0.05, 0.1) is 0 Å². The molecule has 0 bridgehead atoms. The molecule has 0 saturated carbocycles. The Bertz CT molecular complexity index is 112. The highest BCUT2D eigenvalue weighted by Crippen LogP contribution is 2.12. The normalized spacial score (nSPS) is 13.0. The molecular formula is C9H18OS. The summed E-state index contributed by atoms with van der Waals surface area (Å²) >= 11 is 1.88. The molecule has 0 aromatic heterocycles. The van der Waals surface area contributed by atoms with Gasteiger partial charge in [-0.1, -0.05) is 6.92 Å². The van der Waals surface area contributed by atoms with E-state index in [0.29, 0.717) is 11.7 Å². The molecule has 0 aliphatic carbocycles. The van der Waals surface area contributed by atoms with Gasteiger partial charge >= 0.3 is 0 Å². The Balaban J connectivity index is 3.22. The Morgan fingerprint density at radius 2 is 2.18 bits per heavy atom. The van der Waals surface area contributed by atoms with Crippen LogP contribution in [0.2, 0.25) is 0 Å². The fourth-order valence-corrected chi connectivity index (χ4v) is 1.62. The first kappa shape index (κ1) is 11.0. The second-order valence-corrected chi connectivity index (χ2v) is 4.13. The molecule has 0 heterocycles. The largest absolute Gasteiger partial charge is 0.300 e. The summed E-state index contributed by atoms with van der Waals surface area (Å²) in [4.78, 5) is 10.7. The maximum absolute atomic E-state index is 10.7. The minimum Gasteiger partial charge on any atom is -0.300 e. The maximum atomic E-state index is 10.7. The lowest BCUT2D eigenvalue weighted by Crippen LogP contribution is -2.01. The minimum atomic E-state index is 0.321. The van der Waals surface area contributed by atoms with Gasteiger partial charge in [-0.3, -0.25) is 0 Å². The van der Waals surface area contributed by atoms with E-state index in [1.165, 1.54) is 18.6 Å². The summed E-state index contributed by atoms with van der Waals surface area (Å²) in [6, 6.07) is 0. The van der Waals surface area contributed by atoms with Crippen molar-refractivity contribution in [3.8, 4) is 0 Å². The third-order valence-electron chi connectivity index (χ3n) is 1.68. The molecule has 1 atom stereocenters. The number of hydrogen-bond donors (Lipinski definition) is 0. The van der Waals surface area contributed by atoms with Gasteiger partial charge in [0.15, 0.2) is 0 Å². The summed E-state index contributed by atoms with van der Waals surface area (Å²) in [6.45, 7) is 3.83. The Morgan fingerprint density at radius 3 is 2.64 bits per heavy atom. The minimum absolute atomic E-state index is 0.321. The van der Waals surface area contributed by atoms with Gasteiger partial charge in [-0.25, -0.2) is 0 Å². The first-order valence-electron chi connectivity index (χ1n) is 4.15. The molecule has 0 rings (SSSR count). The number of carbonyl (C=O) groups excluding carboxylic acids is 1. The quantitative estimate of drug-likeness (QED) is 0.576. The van der Waals surface area contributed by atoms with Crippen molar-refractivity contribution >= 4 is 17.5 Å². The second-order valence-electron chi connectivity index (χ2n) is 3.15. The van der Waals surface area contributed by atoms with Crippen LogP contribution in [-0.4, -0.2) is 17.8 Å². The van der Waals surface area contributed by atoms with Crippen LogP contribution in [0.5, 0.6) is 0 Å². The molecule has 0 spiro atoms. The molecule has 2 heteroatoms. The molecule has 0 N–H and O–H groups in total. The predicted molar refractivity (Wildman–Crippen MR) is 52.1 cm³/mol. The lowest BCUT2D eigenvalue weighted by Gasteiger charge is -2.07. The van der Waals surface area contributed by atoms with E-state index in [4.69, 9.17) is 0 Å². The standard InChI is InChI=1S/C9H18OS/c1-8(7-9(2)10)5-4-6-11-3/h8H,4-7H2,1-3H3. The van der Waals surface area contributed by atoms with Gasteiger partial charge in [0, 0.05) is 6.42 Å². The van der Waals surface area contributed by atoms with E-state index in [2.05, 4.69) is 13.2 Å². The fraction of sp³-hybridized carbons (Fsp3) is 0.889. The Hall–Kier alpha value is 0.0200. The van der Waals surface area contributed by atoms with Crippen LogP contribution < -0.4 is 0 Å². The van der Waals surface area contributed by atoms with Crippen molar-refractivity contribution in [3.63, 3.8) is 0 Å². The summed E-state index contributed by atoms with van der Waals surface area (Å²) in [5.74, 6) is 2.13. The Kier molecular flexibility index (Phi) is 6.73. The van der Waals surface area contributed by atoms with Gasteiger partial charge in [-0.2, -0.15) is 11.8 Å². The average Bonchev–Trinajstić information content (AvgIpc) is 1.86. The zero-order valence-electron chi connectivity index (χ0n) is 7.72. The number of thioether (sulfide) groups is 1. The lowest BCUT2D eigenvalue weighted by molar-refractivity contribution is -0.117. The first-order valence-corrected chi connectivity index (χ1v) is 5.54. The summed E-state index contributed by atoms with van der Waals surface area (Å²) in [5.41, 5.74) is 0. The van der Waals surface area contributed by atoms with Crippen LogP contribution >= 0.6 is 11.8 Å². The third kappa shape index (κ3) is 7.92. The SMILES string of the molecule is CSCCCC(C)CC(C)=O. The fourth-order valence-electron chi connectivity index (χ4n) is 1.17. The van der Waals surface area contributed by atoms with Crippen molar-refractivity contribution in [3.05, 3.63) is 0 Å². The van der Waals surface area contributed by atoms with Crippen molar-refractivity contribution in [2.24, 2.45) is 5.92 Å². The average molecular weight is 174 g/mol. The van der Waals surface area contributed by atoms with Crippen LogP contribution in [-0.2, 0) is 4.79 Å². The number of Topliss-reactive ketones (excluding diaryl/α,β-unsaturated/α-hetero) is 1. The van der Waals surface area contributed by atoms with Crippen LogP contribution in [0, 0.1) is 5.92 Å². The molecule has 1 unspecified atom stereocenters. The summed E-state index contributed by atoms with van der Waals surface area (Å²) in [6.07, 6.45) is 5.32. The van der Waals surface area contributed by atoms with Crippen molar-refractivity contribution in [2.75, 3.05) is 12.0 Å². The highest BCUT2D eigenvalue weighted by Gasteiger charge is 2.03. The second kappa shape index (κ2) is 6.71. The van der Waals surface area contributed by atoms with Gasteiger partial charge < -0.3 is 4.79 Å². The molecule has 0 aliphatic heterocycles. The number of hydrogen-bond acceptors (Lipinski definition) is 2. The van der Waals surface area contributed by atoms with E-state index >= 15 is 0 Å². The van der Waals surface area contributed by atoms with Crippen LogP contribution in [0.1, 0.15) is 33.1 Å². The number of carbonyl (C=O) groups is 1. The smallest absolute Gasteiger partial charge is 0.130 e. The zero-order valence-corrected chi connectivity index (χ0v) is 8.54. The molecule has 0 fully saturated rings. The molecule has 0 aliphatic rings. The first-order chi connectivity index (χ1) is 5.16. The van der Waals surface area contributed by atoms with Crippen LogP contribution in [0.4, 0.5) is 0 Å². The van der Waals surface area contributed by atoms with Crippen molar-refractivity contribution in [1.29, 1.82) is 0 Å². The summed E-state index contributed by atoms with van der Waals surface area (Å²) in [7, 11) is 0. The van der Waals surface area contributed by atoms with E-state index in [0.717, 1.165) is 6.42 Å². The van der Waals surface area contributed by atoms with E-state index in [1.54, 1.807) is 6.92 Å². The van der Waals surface area contributed by atoms with Crippen LogP contribution in [0.15, 0.2) is 0 Å². The summed E-state index contributed by atoms with van der Waals surface area (Å²) < 4.78 is 0. The molecule has 0 aromatic rings. The van der Waals surface area contributed by atoms with Gasteiger partial charge in [0.25, 0.3) is 0 Å². The number of ketones is 1. The zero-order chi connectivity index (χ0) is 8.69. The molecule has 1 nitrogen and oxygen atoms in total. The molecule has 66 valence electrons. The van der Waals surface area contributed by atoms with Gasteiger partial charge in [-0.05, 0) is 37.7 Å². The van der Waals surface area contributed by atoms with Crippen molar-refractivity contribution in [1.82, 2.24) is 0 Å². The van der Waals surface area contributed by atoms with Gasteiger partial charge in [-0.15, -0.1) is 0 Å².